The maximum atomic E-state index is 2.64. The summed E-state index contributed by atoms with van der Waals surface area (Å²) >= 11 is 0. The van der Waals surface area contributed by atoms with E-state index < -0.39 is 0 Å². The van der Waals surface area contributed by atoms with E-state index in [0.29, 0.717) is 11.7 Å². The topological polar surface area (TPSA) is 11.4 Å². The molecule has 2 bridgehead atoms. The van der Waals surface area contributed by atoms with Gasteiger partial charge in [-0.25, -0.2) is 0 Å². The van der Waals surface area contributed by atoms with E-state index in [0.717, 1.165) is 6.04 Å². The van der Waals surface area contributed by atoms with Crippen LogP contribution in [0.5, 0.6) is 0 Å². The Balaban J connectivity index is 2.03. The van der Waals surface area contributed by atoms with Crippen LogP contribution < -0.4 is 4.90 Å². The van der Waals surface area contributed by atoms with Gasteiger partial charge in [0.25, 0.3) is 0 Å². The van der Waals surface area contributed by atoms with Gasteiger partial charge in [-0.15, -0.1) is 0 Å². The average molecular weight is 233 g/mol. The number of anilines is 1. The summed E-state index contributed by atoms with van der Waals surface area (Å²) in [4.78, 5) is 5.26. The molecule has 0 amide bonds. The van der Waals surface area contributed by atoms with Gasteiger partial charge in [0.15, 0.2) is 0 Å². The highest BCUT2D eigenvalue weighted by atomic mass is 15.5. The smallest absolute Gasteiger partial charge is 0.109 e. The van der Waals surface area contributed by atoms with Crippen molar-refractivity contribution in [2.24, 2.45) is 7.05 Å². The molecule has 3 heteroatoms. The molecule has 4 rings (SSSR count). The van der Waals surface area contributed by atoms with Crippen molar-refractivity contribution in [1.82, 2.24) is 9.47 Å². The summed E-state index contributed by atoms with van der Waals surface area (Å²) in [5.41, 5.74) is 0.333. The van der Waals surface area contributed by atoms with Crippen LogP contribution in [-0.4, -0.2) is 33.8 Å². The summed E-state index contributed by atoms with van der Waals surface area (Å²) in [6.45, 7) is 8.40. The first-order valence-corrected chi connectivity index (χ1v) is 6.69. The van der Waals surface area contributed by atoms with E-state index in [1.807, 2.05) is 0 Å². The van der Waals surface area contributed by atoms with E-state index in [1.54, 1.807) is 0 Å². The van der Waals surface area contributed by atoms with Crippen molar-refractivity contribution >= 4 is 5.82 Å². The fourth-order valence-corrected chi connectivity index (χ4v) is 3.99. The number of aromatic nitrogens is 1. The first-order valence-electron chi connectivity index (χ1n) is 6.69. The Kier molecular flexibility index (Phi) is 2.31. The maximum absolute atomic E-state index is 2.64. The monoisotopic (exact) mass is 233 g/mol. The second-order valence-electron chi connectivity index (χ2n) is 6.02. The van der Waals surface area contributed by atoms with Crippen molar-refractivity contribution in [3.63, 3.8) is 0 Å². The molecule has 0 aromatic carbocycles. The molecule has 94 valence electrons. The van der Waals surface area contributed by atoms with Crippen LogP contribution in [0.1, 0.15) is 33.6 Å². The molecule has 1 aromatic heterocycles. The molecular weight excluding hydrogens is 210 g/mol. The number of rotatable bonds is 1. The number of fused-ring (bicyclic) bond motifs is 3. The first-order chi connectivity index (χ1) is 8.03. The van der Waals surface area contributed by atoms with Gasteiger partial charge in [-0.1, -0.05) is 0 Å². The lowest BCUT2D eigenvalue weighted by molar-refractivity contribution is 0.00373. The first kappa shape index (κ1) is 11.1. The predicted octanol–water partition coefficient (Wildman–Crippen LogP) is 2.43. The fourth-order valence-electron chi connectivity index (χ4n) is 3.99. The van der Waals surface area contributed by atoms with Crippen LogP contribution in [0.4, 0.5) is 5.82 Å². The van der Waals surface area contributed by atoms with E-state index in [1.165, 1.54) is 25.2 Å². The van der Waals surface area contributed by atoms with E-state index in [2.05, 4.69) is 60.5 Å². The van der Waals surface area contributed by atoms with Crippen molar-refractivity contribution in [3.05, 3.63) is 18.3 Å². The fraction of sp³-hybridized carbons (Fsp3) is 0.714. The van der Waals surface area contributed by atoms with Gasteiger partial charge in [0, 0.05) is 31.4 Å². The van der Waals surface area contributed by atoms with Gasteiger partial charge in [-0.2, -0.15) is 0 Å². The standard InChI is InChI=1S/C14H23N3/c1-11-10-14(3)7-9-16(11)12(2)17(14)13-6-5-8-15(13)4/h5-6,8,11-12H,7,9-10H2,1-4H3. The number of piperidine rings is 1. The highest BCUT2D eigenvalue weighted by Gasteiger charge is 2.49. The molecule has 4 unspecified atom stereocenters. The zero-order valence-corrected chi connectivity index (χ0v) is 11.3. The molecule has 3 saturated heterocycles. The Bertz CT molecular complexity index is 425. The average Bonchev–Trinajstić information content (AvgIpc) is 2.63. The van der Waals surface area contributed by atoms with Crippen molar-refractivity contribution in [2.75, 3.05) is 11.4 Å². The van der Waals surface area contributed by atoms with Gasteiger partial charge >= 0.3 is 0 Å². The molecule has 1 aromatic rings. The third kappa shape index (κ3) is 1.45. The Hall–Kier alpha value is -0.960. The summed E-state index contributed by atoms with van der Waals surface area (Å²) in [5.74, 6) is 1.36. The lowest BCUT2D eigenvalue weighted by Gasteiger charge is -2.62. The van der Waals surface area contributed by atoms with Crippen molar-refractivity contribution < 1.29 is 0 Å². The second-order valence-corrected chi connectivity index (χ2v) is 6.02. The minimum absolute atomic E-state index is 0.333. The SMILES string of the molecule is CC1CC2(C)CCN1C(C)N2c1cccn1C. The van der Waals surface area contributed by atoms with E-state index in [4.69, 9.17) is 0 Å². The van der Waals surface area contributed by atoms with Crippen LogP contribution in [0.2, 0.25) is 0 Å². The third-order valence-electron chi connectivity index (χ3n) is 4.81. The number of hydrogen-bond acceptors (Lipinski definition) is 2. The molecule has 0 aliphatic carbocycles. The molecule has 3 nitrogen and oxygen atoms in total. The highest BCUT2D eigenvalue weighted by molar-refractivity contribution is 5.47. The second kappa shape index (κ2) is 3.52. The zero-order chi connectivity index (χ0) is 12.2. The van der Waals surface area contributed by atoms with Crippen LogP contribution in [0.25, 0.3) is 0 Å². The van der Waals surface area contributed by atoms with Crippen LogP contribution in [0.3, 0.4) is 0 Å². The normalized spacial score (nSPS) is 40.9. The molecule has 0 saturated carbocycles. The summed E-state index contributed by atoms with van der Waals surface area (Å²) in [6, 6.07) is 5.11. The van der Waals surface area contributed by atoms with Gasteiger partial charge in [-0.3, -0.25) is 4.90 Å². The van der Waals surface area contributed by atoms with Crippen molar-refractivity contribution in [3.8, 4) is 0 Å². The third-order valence-corrected chi connectivity index (χ3v) is 4.81. The molecule has 0 N–H and O–H groups in total. The molecular formula is C14H23N3. The van der Waals surface area contributed by atoms with Crippen molar-refractivity contribution in [1.29, 1.82) is 0 Å². The molecule has 3 aliphatic rings. The molecule has 3 fully saturated rings. The number of hydrogen-bond donors (Lipinski definition) is 0. The minimum Gasteiger partial charge on any atom is -0.338 e. The van der Waals surface area contributed by atoms with Crippen LogP contribution in [0, 0.1) is 0 Å². The predicted molar refractivity (Wildman–Crippen MR) is 71.2 cm³/mol. The highest BCUT2D eigenvalue weighted by Crippen LogP contribution is 2.43. The lowest BCUT2D eigenvalue weighted by Crippen LogP contribution is -2.71. The molecule has 4 atom stereocenters. The maximum Gasteiger partial charge on any atom is 0.109 e. The Morgan fingerprint density at radius 3 is 2.65 bits per heavy atom. The van der Waals surface area contributed by atoms with E-state index >= 15 is 0 Å². The van der Waals surface area contributed by atoms with Crippen LogP contribution >= 0.6 is 0 Å². The molecule has 3 aliphatic heterocycles. The number of nitrogens with zero attached hydrogens (tertiary/aromatic N) is 3. The van der Waals surface area contributed by atoms with Gasteiger partial charge in [0.2, 0.25) is 0 Å². The zero-order valence-electron chi connectivity index (χ0n) is 11.3. The van der Waals surface area contributed by atoms with Gasteiger partial charge in [0.1, 0.15) is 5.82 Å². The number of aryl methyl sites for hydroxylation is 1. The Morgan fingerprint density at radius 2 is 2.12 bits per heavy atom. The van der Waals surface area contributed by atoms with Crippen LogP contribution in [0.15, 0.2) is 18.3 Å². The summed E-state index contributed by atoms with van der Waals surface area (Å²) in [5, 5.41) is 0. The van der Waals surface area contributed by atoms with Gasteiger partial charge in [-0.05, 0) is 45.7 Å². The van der Waals surface area contributed by atoms with Gasteiger partial charge < -0.3 is 9.47 Å². The molecule has 0 spiro atoms. The molecule has 4 heterocycles. The quantitative estimate of drug-likeness (QED) is 0.738. The summed E-state index contributed by atoms with van der Waals surface area (Å²) < 4.78 is 2.24. The lowest BCUT2D eigenvalue weighted by atomic mass is 9.79. The summed E-state index contributed by atoms with van der Waals surface area (Å²) in [7, 11) is 2.15. The molecule has 17 heavy (non-hydrogen) atoms. The Labute approximate surface area is 104 Å². The molecule has 0 radical (unpaired) electrons. The largest absolute Gasteiger partial charge is 0.338 e. The van der Waals surface area contributed by atoms with Crippen LogP contribution in [-0.2, 0) is 7.05 Å². The van der Waals surface area contributed by atoms with Crippen molar-refractivity contribution in [2.45, 2.75) is 51.4 Å². The van der Waals surface area contributed by atoms with E-state index in [9.17, 15) is 0 Å². The minimum atomic E-state index is 0.333. The summed E-state index contributed by atoms with van der Waals surface area (Å²) in [6.07, 6.45) is 5.23. The Morgan fingerprint density at radius 1 is 1.35 bits per heavy atom. The van der Waals surface area contributed by atoms with Gasteiger partial charge in [0.05, 0.1) is 6.17 Å². The van der Waals surface area contributed by atoms with E-state index in [-0.39, 0.29) is 0 Å².